The van der Waals surface area contributed by atoms with Crippen LogP contribution in [0.4, 0.5) is 10.1 Å². The first-order valence-corrected chi connectivity index (χ1v) is 7.38. The van der Waals surface area contributed by atoms with Crippen molar-refractivity contribution in [2.45, 2.75) is 46.2 Å². The van der Waals surface area contributed by atoms with Crippen LogP contribution in [-0.2, 0) is 6.54 Å². The summed E-state index contributed by atoms with van der Waals surface area (Å²) in [7, 11) is 0. The second-order valence-electron chi connectivity index (χ2n) is 5.71. The Balaban J connectivity index is 2.25. The molecule has 0 spiro atoms. The Kier molecular flexibility index (Phi) is 4.81. The Hall–Kier alpha value is -1.09. The summed E-state index contributed by atoms with van der Waals surface area (Å²) < 4.78 is 14.1. The molecule has 106 valence electrons. The minimum Gasteiger partial charge on any atom is -0.368 e. The van der Waals surface area contributed by atoms with Crippen LogP contribution >= 0.6 is 0 Å². The molecule has 0 amide bonds. The lowest BCUT2D eigenvalue weighted by Gasteiger charge is -2.31. The summed E-state index contributed by atoms with van der Waals surface area (Å²) in [6.07, 6.45) is 2.64. The number of benzene rings is 1. The van der Waals surface area contributed by atoms with E-state index in [1.54, 1.807) is 6.07 Å². The van der Waals surface area contributed by atoms with Crippen molar-refractivity contribution in [2.75, 3.05) is 18.0 Å². The smallest absolute Gasteiger partial charge is 0.129 e. The van der Waals surface area contributed by atoms with Crippen molar-refractivity contribution >= 4 is 5.69 Å². The quantitative estimate of drug-likeness (QED) is 0.810. The van der Waals surface area contributed by atoms with Gasteiger partial charge in [-0.2, -0.15) is 0 Å². The molecule has 1 saturated carbocycles. The molecule has 1 aliphatic carbocycles. The highest BCUT2D eigenvalue weighted by Gasteiger charge is 2.27. The molecule has 0 radical (unpaired) electrons. The Morgan fingerprint density at radius 3 is 2.68 bits per heavy atom. The fraction of sp³-hybridized carbons (Fsp3) is 0.625. The van der Waals surface area contributed by atoms with Crippen LogP contribution in [0.2, 0.25) is 0 Å². The van der Waals surface area contributed by atoms with Crippen molar-refractivity contribution in [1.29, 1.82) is 0 Å². The summed E-state index contributed by atoms with van der Waals surface area (Å²) in [4.78, 5) is 2.35. The van der Waals surface area contributed by atoms with E-state index in [2.05, 4.69) is 30.1 Å². The zero-order valence-electron chi connectivity index (χ0n) is 12.2. The molecule has 19 heavy (non-hydrogen) atoms. The Bertz CT molecular complexity index is 413. The van der Waals surface area contributed by atoms with Crippen LogP contribution in [0.1, 0.15) is 39.2 Å². The number of anilines is 1. The zero-order chi connectivity index (χ0) is 13.8. The highest BCUT2D eigenvalue weighted by molar-refractivity contribution is 5.55. The van der Waals surface area contributed by atoms with Gasteiger partial charge in [0.2, 0.25) is 0 Å². The Labute approximate surface area is 116 Å². The standard InChI is InChI=1S/C16H25FN2/c1-4-18-10-14-15(17)6-5-7-16(14)19(12(2)3)11-13-8-9-13/h5-7,12-13,18H,4,8-11H2,1-3H3. The van der Waals surface area contributed by atoms with Gasteiger partial charge in [0.15, 0.2) is 0 Å². The molecular weight excluding hydrogens is 239 g/mol. The summed E-state index contributed by atoms with van der Waals surface area (Å²) >= 11 is 0. The lowest BCUT2D eigenvalue weighted by molar-refractivity contribution is 0.582. The third-order valence-corrected chi connectivity index (χ3v) is 3.73. The molecule has 0 heterocycles. The van der Waals surface area contributed by atoms with E-state index in [1.807, 2.05) is 13.0 Å². The van der Waals surface area contributed by atoms with Gasteiger partial charge in [0, 0.05) is 30.4 Å². The highest BCUT2D eigenvalue weighted by Crippen LogP contribution is 2.34. The van der Waals surface area contributed by atoms with E-state index in [-0.39, 0.29) is 5.82 Å². The minimum absolute atomic E-state index is 0.0973. The zero-order valence-corrected chi connectivity index (χ0v) is 12.2. The maximum atomic E-state index is 14.1. The van der Waals surface area contributed by atoms with Crippen molar-refractivity contribution < 1.29 is 4.39 Å². The molecule has 3 heteroatoms. The van der Waals surface area contributed by atoms with Gasteiger partial charge in [-0.15, -0.1) is 0 Å². The van der Waals surface area contributed by atoms with Crippen molar-refractivity contribution in [1.82, 2.24) is 5.32 Å². The summed E-state index contributed by atoms with van der Waals surface area (Å²) in [6.45, 7) is 8.93. The van der Waals surface area contributed by atoms with Crippen molar-refractivity contribution in [2.24, 2.45) is 5.92 Å². The van der Waals surface area contributed by atoms with E-state index in [4.69, 9.17) is 0 Å². The van der Waals surface area contributed by atoms with E-state index in [9.17, 15) is 4.39 Å². The first-order chi connectivity index (χ1) is 9.13. The third kappa shape index (κ3) is 3.69. The average molecular weight is 264 g/mol. The largest absolute Gasteiger partial charge is 0.368 e. The van der Waals surface area contributed by atoms with E-state index in [0.717, 1.165) is 30.3 Å². The van der Waals surface area contributed by atoms with Gasteiger partial charge in [0.25, 0.3) is 0 Å². The number of hydrogen-bond donors (Lipinski definition) is 1. The van der Waals surface area contributed by atoms with Gasteiger partial charge in [-0.05, 0) is 51.3 Å². The molecule has 0 aliphatic heterocycles. The molecular formula is C16H25FN2. The summed E-state index contributed by atoms with van der Waals surface area (Å²) in [6, 6.07) is 5.84. The monoisotopic (exact) mass is 264 g/mol. The van der Waals surface area contributed by atoms with Gasteiger partial charge >= 0.3 is 0 Å². The van der Waals surface area contributed by atoms with Gasteiger partial charge in [0.05, 0.1) is 0 Å². The molecule has 1 fully saturated rings. The van der Waals surface area contributed by atoms with E-state index in [1.165, 1.54) is 12.8 Å². The fourth-order valence-electron chi connectivity index (χ4n) is 2.41. The molecule has 2 nitrogen and oxygen atoms in total. The maximum Gasteiger partial charge on any atom is 0.129 e. The Morgan fingerprint density at radius 2 is 2.11 bits per heavy atom. The molecule has 1 aromatic carbocycles. The first-order valence-electron chi connectivity index (χ1n) is 7.38. The molecule has 1 N–H and O–H groups in total. The molecule has 0 atom stereocenters. The second-order valence-corrected chi connectivity index (χ2v) is 5.71. The molecule has 1 aliphatic rings. The molecule has 1 aromatic rings. The van der Waals surface area contributed by atoms with Crippen molar-refractivity contribution in [3.8, 4) is 0 Å². The highest BCUT2D eigenvalue weighted by atomic mass is 19.1. The Morgan fingerprint density at radius 1 is 1.37 bits per heavy atom. The van der Waals surface area contributed by atoms with E-state index in [0.29, 0.717) is 12.6 Å². The van der Waals surface area contributed by atoms with Crippen LogP contribution in [0, 0.1) is 11.7 Å². The first kappa shape index (κ1) is 14.3. The van der Waals surface area contributed by atoms with Crippen molar-refractivity contribution in [3.05, 3.63) is 29.6 Å². The molecule has 2 rings (SSSR count). The maximum absolute atomic E-state index is 14.1. The minimum atomic E-state index is -0.0973. The lowest BCUT2D eigenvalue weighted by Crippen LogP contribution is -2.34. The lowest BCUT2D eigenvalue weighted by atomic mass is 10.1. The molecule has 0 aromatic heterocycles. The van der Waals surface area contributed by atoms with Crippen LogP contribution in [0.15, 0.2) is 18.2 Å². The topological polar surface area (TPSA) is 15.3 Å². The number of rotatable bonds is 7. The van der Waals surface area contributed by atoms with Crippen LogP contribution in [-0.4, -0.2) is 19.1 Å². The third-order valence-electron chi connectivity index (χ3n) is 3.73. The average Bonchev–Trinajstić information content (AvgIpc) is 3.18. The SMILES string of the molecule is CCNCc1c(F)cccc1N(CC1CC1)C(C)C. The van der Waals surface area contributed by atoms with Crippen LogP contribution < -0.4 is 10.2 Å². The molecule has 0 unspecified atom stereocenters. The van der Waals surface area contributed by atoms with Gasteiger partial charge in [-0.25, -0.2) is 4.39 Å². The van der Waals surface area contributed by atoms with Crippen LogP contribution in [0.25, 0.3) is 0 Å². The normalized spacial score (nSPS) is 15.0. The number of nitrogens with zero attached hydrogens (tertiary/aromatic N) is 1. The summed E-state index contributed by atoms with van der Waals surface area (Å²) in [5, 5.41) is 3.24. The van der Waals surface area contributed by atoms with Gasteiger partial charge in [-0.3, -0.25) is 0 Å². The fourth-order valence-corrected chi connectivity index (χ4v) is 2.41. The number of hydrogen-bond acceptors (Lipinski definition) is 2. The van der Waals surface area contributed by atoms with E-state index < -0.39 is 0 Å². The molecule has 0 bridgehead atoms. The predicted octanol–water partition coefficient (Wildman–Crippen LogP) is 3.56. The van der Waals surface area contributed by atoms with Crippen molar-refractivity contribution in [3.63, 3.8) is 0 Å². The van der Waals surface area contributed by atoms with Gasteiger partial charge in [-0.1, -0.05) is 13.0 Å². The molecule has 0 saturated heterocycles. The number of nitrogens with one attached hydrogen (secondary N) is 1. The predicted molar refractivity (Wildman–Crippen MR) is 79.0 cm³/mol. The van der Waals surface area contributed by atoms with E-state index >= 15 is 0 Å². The van der Waals surface area contributed by atoms with Gasteiger partial charge in [0.1, 0.15) is 5.82 Å². The van der Waals surface area contributed by atoms with Crippen LogP contribution in [0.3, 0.4) is 0 Å². The summed E-state index contributed by atoms with van der Waals surface area (Å²) in [5.74, 6) is 0.706. The van der Waals surface area contributed by atoms with Gasteiger partial charge < -0.3 is 10.2 Å². The number of halogens is 1. The second kappa shape index (κ2) is 6.38. The van der Waals surface area contributed by atoms with Crippen LogP contribution in [0.5, 0.6) is 0 Å². The summed E-state index contributed by atoms with van der Waals surface area (Å²) in [5.41, 5.74) is 1.86.